The molecule has 1 heterocycles. The maximum atomic E-state index is 13.5. The van der Waals surface area contributed by atoms with Crippen LogP contribution in [-0.4, -0.2) is 22.7 Å². The molecule has 114 valence electrons. The molecule has 0 unspecified atom stereocenters. The predicted octanol–water partition coefficient (Wildman–Crippen LogP) is 2.25. The SMILES string of the molecule is O=C=C1NN=C(Cc2ccc(F)c(C(=O)O)c2)c2ccccc21. The minimum atomic E-state index is -1.32. The van der Waals surface area contributed by atoms with Gasteiger partial charge in [0.2, 0.25) is 0 Å². The van der Waals surface area contributed by atoms with Crippen LogP contribution >= 0.6 is 0 Å². The summed E-state index contributed by atoms with van der Waals surface area (Å²) in [6, 6.07) is 11.1. The second kappa shape index (κ2) is 5.87. The molecule has 6 heteroatoms. The number of hydrogen-bond acceptors (Lipinski definition) is 4. The Morgan fingerprint density at radius 3 is 2.65 bits per heavy atom. The first-order chi connectivity index (χ1) is 11.1. The average molecular weight is 310 g/mol. The van der Waals surface area contributed by atoms with Crippen molar-refractivity contribution in [3.63, 3.8) is 0 Å². The number of fused-ring (bicyclic) bond motifs is 1. The van der Waals surface area contributed by atoms with Gasteiger partial charge < -0.3 is 5.11 Å². The first kappa shape index (κ1) is 14.7. The molecule has 1 aliphatic rings. The largest absolute Gasteiger partial charge is 0.478 e. The van der Waals surface area contributed by atoms with Gasteiger partial charge in [0.05, 0.1) is 11.3 Å². The third-order valence-corrected chi connectivity index (χ3v) is 3.54. The molecule has 0 saturated carbocycles. The number of hydrazone groups is 1. The van der Waals surface area contributed by atoms with Gasteiger partial charge in [-0.2, -0.15) is 5.10 Å². The number of nitrogens with zero attached hydrogens (tertiary/aromatic N) is 1. The first-order valence-corrected chi connectivity index (χ1v) is 6.79. The molecular formula is C17H11FN2O3. The topological polar surface area (TPSA) is 78.8 Å². The molecule has 5 nitrogen and oxygen atoms in total. The van der Waals surface area contributed by atoms with Gasteiger partial charge in [-0.1, -0.05) is 30.3 Å². The van der Waals surface area contributed by atoms with Crippen LogP contribution in [0.25, 0.3) is 5.70 Å². The molecule has 0 spiro atoms. The summed E-state index contributed by atoms with van der Waals surface area (Å²) in [5.74, 6) is -0.304. The number of hydrogen-bond donors (Lipinski definition) is 2. The van der Waals surface area contributed by atoms with Gasteiger partial charge in [0, 0.05) is 17.5 Å². The van der Waals surface area contributed by atoms with Crippen LogP contribution in [0.1, 0.15) is 27.0 Å². The van der Waals surface area contributed by atoms with E-state index < -0.39 is 11.8 Å². The zero-order valence-corrected chi connectivity index (χ0v) is 11.8. The Morgan fingerprint density at radius 2 is 1.96 bits per heavy atom. The highest BCUT2D eigenvalue weighted by Crippen LogP contribution is 2.22. The lowest BCUT2D eigenvalue weighted by Gasteiger charge is -2.18. The molecule has 23 heavy (non-hydrogen) atoms. The molecule has 2 N–H and O–H groups in total. The monoisotopic (exact) mass is 310 g/mol. The second-order valence-corrected chi connectivity index (χ2v) is 4.99. The fourth-order valence-corrected chi connectivity index (χ4v) is 2.45. The number of nitrogens with one attached hydrogen (secondary N) is 1. The minimum Gasteiger partial charge on any atom is -0.478 e. The average Bonchev–Trinajstić information content (AvgIpc) is 2.56. The summed E-state index contributed by atoms with van der Waals surface area (Å²) in [5.41, 5.74) is 5.16. The van der Waals surface area contributed by atoms with E-state index in [0.29, 0.717) is 23.3 Å². The Hall–Kier alpha value is -3.24. The van der Waals surface area contributed by atoms with Gasteiger partial charge in [-0.25, -0.2) is 14.0 Å². The van der Waals surface area contributed by atoms with E-state index in [-0.39, 0.29) is 11.3 Å². The van der Waals surface area contributed by atoms with Crippen LogP contribution in [-0.2, 0) is 11.2 Å². The van der Waals surface area contributed by atoms with Crippen LogP contribution in [0.4, 0.5) is 4.39 Å². The van der Waals surface area contributed by atoms with Crippen molar-refractivity contribution in [1.29, 1.82) is 0 Å². The molecule has 3 rings (SSSR count). The summed E-state index contributed by atoms with van der Waals surface area (Å²) in [4.78, 5) is 22.0. The number of carbonyl (C=O) groups excluding carboxylic acids is 1. The van der Waals surface area contributed by atoms with Crippen LogP contribution in [0, 0.1) is 5.82 Å². The molecule has 2 aromatic rings. The highest BCUT2D eigenvalue weighted by Gasteiger charge is 2.19. The van der Waals surface area contributed by atoms with Gasteiger partial charge in [-0.15, -0.1) is 0 Å². The summed E-state index contributed by atoms with van der Waals surface area (Å²) in [7, 11) is 0. The van der Waals surface area contributed by atoms with E-state index in [1.54, 1.807) is 18.1 Å². The Bertz CT molecular complexity index is 883. The standard InChI is InChI=1S/C17H11FN2O3/c18-14-6-5-10(7-13(14)17(22)23)8-15-11-3-1-2-4-12(11)16(9-21)20-19-15/h1-7,20H,8H2,(H,22,23). The van der Waals surface area contributed by atoms with Crippen molar-refractivity contribution in [3.05, 3.63) is 70.5 Å². The maximum absolute atomic E-state index is 13.5. The molecule has 0 bridgehead atoms. The Labute approximate surface area is 130 Å². The van der Waals surface area contributed by atoms with Crippen LogP contribution < -0.4 is 5.43 Å². The van der Waals surface area contributed by atoms with Crippen molar-refractivity contribution in [1.82, 2.24) is 5.43 Å². The smallest absolute Gasteiger partial charge is 0.338 e. The lowest BCUT2D eigenvalue weighted by atomic mass is 9.95. The number of benzene rings is 2. The van der Waals surface area contributed by atoms with E-state index in [0.717, 1.165) is 11.6 Å². The quantitative estimate of drug-likeness (QED) is 0.852. The number of rotatable bonds is 3. The number of carbonyl (C=O) groups is 1. The summed E-state index contributed by atoms with van der Waals surface area (Å²) in [6.07, 6.45) is 0.302. The normalized spacial score (nSPS) is 12.7. The first-order valence-electron chi connectivity index (χ1n) is 6.79. The Balaban J connectivity index is 1.99. The summed E-state index contributed by atoms with van der Waals surface area (Å²) >= 11 is 0. The van der Waals surface area contributed by atoms with Gasteiger partial charge in [0.1, 0.15) is 11.5 Å². The molecule has 0 saturated heterocycles. The highest BCUT2D eigenvalue weighted by molar-refractivity contribution is 6.09. The molecule has 1 aliphatic heterocycles. The number of aromatic carboxylic acids is 1. The van der Waals surface area contributed by atoms with E-state index in [1.807, 2.05) is 12.1 Å². The van der Waals surface area contributed by atoms with Gasteiger partial charge in [0.25, 0.3) is 0 Å². The van der Waals surface area contributed by atoms with Crippen LogP contribution in [0.15, 0.2) is 47.6 Å². The predicted molar refractivity (Wildman–Crippen MR) is 82.3 cm³/mol. The van der Waals surface area contributed by atoms with Crippen LogP contribution in [0.2, 0.25) is 0 Å². The summed E-state index contributed by atoms with van der Waals surface area (Å²) in [5, 5.41) is 13.1. The van der Waals surface area contributed by atoms with Crippen LogP contribution in [0.5, 0.6) is 0 Å². The van der Waals surface area contributed by atoms with Crippen molar-refractivity contribution in [3.8, 4) is 0 Å². The summed E-state index contributed by atoms with van der Waals surface area (Å²) in [6.45, 7) is 0. The Morgan fingerprint density at radius 1 is 1.22 bits per heavy atom. The maximum Gasteiger partial charge on any atom is 0.338 e. The lowest BCUT2D eigenvalue weighted by molar-refractivity contribution is 0.0691. The summed E-state index contributed by atoms with van der Waals surface area (Å²) < 4.78 is 13.5. The van der Waals surface area contributed by atoms with Crippen molar-refractivity contribution in [2.45, 2.75) is 6.42 Å². The van der Waals surface area contributed by atoms with Gasteiger partial charge in [0.15, 0.2) is 5.94 Å². The van der Waals surface area contributed by atoms with E-state index in [4.69, 9.17) is 5.11 Å². The zero-order valence-electron chi connectivity index (χ0n) is 11.8. The molecule has 0 radical (unpaired) electrons. The van der Waals surface area contributed by atoms with Crippen molar-refractivity contribution in [2.75, 3.05) is 0 Å². The zero-order chi connectivity index (χ0) is 16.4. The molecule has 0 aromatic heterocycles. The van der Waals surface area contributed by atoms with Crippen molar-refractivity contribution < 1.29 is 19.1 Å². The second-order valence-electron chi connectivity index (χ2n) is 4.99. The van der Waals surface area contributed by atoms with Gasteiger partial charge >= 0.3 is 5.97 Å². The van der Waals surface area contributed by atoms with E-state index in [9.17, 15) is 14.0 Å². The third kappa shape index (κ3) is 2.75. The van der Waals surface area contributed by atoms with Gasteiger partial charge in [-0.05, 0) is 17.7 Å². The van der Waals surface area contributed by atoms with Crippen LogP contribution in [0.3, 0.4) is 0 Å². The Kier molecular flexibility index (Phi) is 3.75. The molecule has 0 amide bonds. The molecular weight excluding hydrogens is 299 g/mol. The van der Waals surface area contributed by atoms with Crippen molar-refractivity contribution in [2.24, 2.45) is 5.10 Å². The number of carboxylic acid groups (broad SMARTS) is 1. The van der Waals surface area contributed by atoms with Gasteiger partial charge in [-0.3, -0.25) is 5.43 Å². The lowest BCUT2D eigenvalue weighted by Crippen LogP contribution is -2.21. The van der Waals surface area contributed by atoms with E-state index in [2.05, 4.69) is 10.5 Å². The molecule has 0 fully saturated rings. The number of halogens is 1. The van der Waals surface area contributed by atoms with E-state index >= 15 is 0 Å². The molecule has 0 aliphatic carbocycles. The fourth-order valence-electron chi connectivity index (χ4n) is 2.45. The minimum absolute atomic E-state index is 0.245. The molecule has 2 aromatic carbocycles. The molecule has 0 atom stereocenters. The highest BCUT2D eigenvalue weighted by atomic mass is 19.1. The third-order valence-electron chi connectivity index (χ3n) is 3.54. The number of carboxylic acids is 1. The van der Waals surface area contributed by atoms with Crippen molar-refractivity contribution >= 4 is 23.3 Å². The van der Waals surface area contributed by atoms with E-state index in [1.165, 1.54) is 12.1 Å². The fraction of sp³-hybridized carbons (Fsp3) is 0.0588.